The van der Waals surface area contributed by atoms with Crippen molar-refractivity contribution in [3.8, 4) is 0 Å². The molecule has 2 rings (SSSR count). The van der Waals surface area contributed by atoms with Crippen LogP contribution in [0.4, 0.5) is 22.7 Å². The van der Waals surface area contributed by atoms with Crippen LogP contribution >= 0.6 is 11.6 Å². The Balaban J connectivity index is 2.46. The standard InChI is InChI=1S/C13H12ClN3O4S/c1-22(20,21)9-3-5-12(13(7-9)17(18)19)16-8-2-4-10(14)11(15)6-8/h2-7,16H,15H2,1H3. The molecule has 0 bridgehead atoms. The Morgan fingerprint density at radius 2 is 1.91 bits per heavy atom. The maximum atomic E-state index is 11.5. The average Bonchev–Trinajstić information content (AvgIpc) is 2.42. The molecule has 3 N–H and O–H groups in total. The molecule has 116 valence electrons. The third-order valence-electron chi connectivity index (χ3n) is 2.87. The minimum atomic E-state index is -3.53. The van der Waals surface area contributed by atoms with Crippen LogP contribution in [0, 0.1) is 10.1 Å². The molecule has 0 amide bonds. The van der Waals surface area contributed by atoms with Crippen molar-refractivity contribution in [2.75, 3.05) is 17.3 Å². The van der Waals surface area contributed by atoms with E-state index in [9.17, 15) is 18.5 Å². The summed E-state index contributed by atoms with van der Waals surface area (Å²) >= 11 is 5.81. The number of sulfone groups is 1. The topological polar surface area (TPSA) is 115 Å². The Morgan fingerprint density at radius 3 is 2.45 bits per heavy atom. The van der Waals surface area contributed by atoms with E-state index in [1.54, 1.807) is 12.1 Å². The Bertz CT molecular complexity index is 852. The fourth-order valence-electron chi connectivity index (χ4n) is 1.78. The summed E-state index contributed by atoms with van der Waals surface area (Å²) < 4.78 is 23.0. The molecule has 0 saturated carbocycles. The Morgan fingerprint density at radius 1 is 1.23 bits per heavy atom. The fourth-order valence-corrected chi connectivity index (χ4v) is 2.53. The van der Waals surface area contributed by atoms with Gasteiger partial charge in [-0.25, -0.2) is 8.42 Å². The van der Waals surface area contributed by atoms with Gasteiger partial charge >= 0.3 is 0 Å². The molecular weight excluding hydrogens is 330 g/mol. The van der Waals surface area contributed by atoms with Gasteiger partial charge in [-0.3, -0.25) is 10.1 Å². The lowest BCUT2D eigenvalue weighted by Crippen LogP contribution is -2.02. The van der Waals surface area contributed by atoms with E-state index in [2.05, 4.69) is 5.32 Å². The Labute approximate surface area is 131 Å². The molecule has 0 spiro atoms. The second kappa shape index (κ2) is 5.82. The molecule has 2 aromatic carbocycles. The molecule has 7 nitrogen and oxygen atoms in total. The first-order valence-electron chi connectivity index (χ1n) is 5.99. The van der Waals surface area contributed by atoms with Crippen molar-refractivity contribution in [2.45, 2.75) is 4.90 Å². The summed E-state index contributed by atoms with van der Waals surface area (Å²) in [4.78, 5) is 10.4. The van der Waals surface area contributed by atoms with E-state index < -0.39 is 14.8 Å². The first kappa shape index (κ1) is 16.1. The van der Waals surface area contributed by atoms with E-state index in [4.69, 9.17) is 17.3 Å². The number of nitrogens with two attached hydrogens (primary N) is 1. The van der Waals surface area contributed by atoms with Crippen molar-refractivity contribution < 1.29 is 13.3 Å². The molecule has 0 aliphatic rings. The van der Waals surface area contributed by atoms with Crippen LogP contribution in [0.25, 0.3) is 0 Å². The lowest BCUT2D eigenvalue weighted by atomic mass is 10.2. The van der Waals surface area contributed by atoms with Gasteiger partial charge in [-0.05, 0) is 30.3 Å². The lowest BCUT2D eigenvalue weighted by molar-refractivity contribution is -0.384. The van der Waals surface area contributed by atoms with Crippen LogP contribution in [-0.4, -0.2) is 19.6 Å². The maximum absolute atomic E-state index is 11.5. The van der Waals surface area contributed by atoms with Crippen LogP contribution < -0.4 is 11.1 Å². The summed E-state index contributed by atoms with van der Waals surface area (Å²) in [6, 6.07) is 8.32. The number of nitrogens with zero attached hydrogens (tertiary/aromatic N) is 1. The average molecular weight is 342 g/mol. The number of nitrogen functional groups attached to an aromatic ring is 1. The van der Waals surface area contributed by atoms with E-state index >= 15 is 0 Å². The van der Waals surface area contributed by atoms with Crippen LogP contribution in [-0.2, 0) is 9.84 Å². The highest BCUT2D eigenvalue weighted by molar-refractivity contribution is 7.90. The van der Waals surface area contributed by atoms with E-state index in [-0.39, 0.29) is 16.3 Å². The van der Waals surface area contributed by atoms with Crippen LogP contribution in [0.15, 0.2) is 41.3 Å². The fraction of sp³-hybridized carbons (Fsp3) is 0.0769. The largest absolute Gasteiger partial charge is 0.397 e. The third-order valence-corrected chi connectivity index (χ3v) is 4.32. The van der Waals surface area contributed by atoms with Gasteiger partial charge < -0.3 is 11.1 Å². The van der Waals surface area contributed by atoms with Crippen molar-refractivity contribution in [3.05, 3.63) is 51.5 Å². The maximum Gasteiger partial charge on any atom is 0.293 e. The molecule has 0 heterocycles. The molecule has 0 aliphatic carbocycles. The van der Waals surface area contributed by atoms with Gasteiger partial charge in [0, 0.05) is 18.0 Å². The Hall–Kier alpha value is -2.32. The monoisotopic (exact) mass is 341 g/mol. The van der Waals surface area contributed by atoms with Crippen molar-refractivity contribution in [3.63, 3.8) is 0 Å². The van der Waals surface area contributed by atoms with Gasteiger partial charge in [-0.2, -0.15) is 0 Å². The SMILES string of the molecule is CS(=O)(=O)c1ccc(Nc2ccc(Cl)c(N)c2)c([N+](=O)[O-])c1. The number of rotatable bonds is 4. The van der Waals surface area contributed by atoms with Gasteiger partial charge in [-0.1, -0.05) is 11.6 Å². The number of anilines is 3. The van der Waals surface area contributed by atoms with Crippen molar-refractivity contribution in [2.24, 2.45) is 0 Å². The smallest absolute Gasteiger partial charge is 0.293 e. The second-order valence-corrected chi connectivity index (χ2v) is 6.99. The number of benzene rings is 2. The molecule has 0 aliphatic heterocycles. The van der Waals surface area contributed by atoms with E-state index in [0.717, 1.165) is 12.3 Å². The third kappa shape index (κ3) is 3.46. The van der Waals surface area contributed by atoms with Crippen molar-refractivity contribution in [1.29, 1.82) is 0 Å². The van der Waals surface area contributed by atoms with Gasteiger partial charge in [0.2, 0.25) is 0 Å². The molecule has 0 aromatic heterocycles. The first-order valence-corrected chi connectivity index (χ1v) is 8.26. The quantitative estimate of drug-likeness (QED) is 0.501. The molecule has 22 heavy (non-hydrogen) atoms. The number of hydrogen-bond acceptors (Lipinski definition) is 6. The highest BCUT2D eigenvalue weighted by atomic mass is 35.5. The second-order valence-electron chi connectivity index (χ2n) is 4.57. The van der Waals surface area contributed by atoms with Gasteiger partial charge in [0.25, 0.3) is 5.69 Å². The number of nitro benzene ring substituents is 1. The van der Waals surface area contributed by atoms with Crippen LogP contribution in [0.1, 0.15) is 0 Å². The highest BCUT2D eigenvalue weighted by Gasteiger charge is 2.19. The molecule has 0 atom stereocenters. The van der Waals surface area contributed by atoms with E-state index in [1.165, 1.54) is 18.2 Å². The number of nitro groups is 1. The first-order chi connectivity index (χ1) is 10.2. The minimum absolute atomic E-state index is 0.125. The number of hydrogen-bond donors (Lipinski definition) is 2. The normalized spacial score (nSPS) is 11.2. The Kier molecular flexibility index (Phi) is 4.25. The van der Waals surface area contributed by atoms with Crippen molar-refractivity contribution in [1.82, 2.24) is 0 Å². The summed E-state index contributed by atoms with van der Waals surface area (Å²) in [5.74, 6) is 0. The predicted octanol–water partition coefficient (Wildman–Crippen LogP) is 2.98. The summed E-state index contributed by atoms with van der Waals surface area (Å²) in [6.07, 6.45) is 0.985. The molecule has 0 saturated heterocycles. The summed E-state index contributed by atoms with van der Waals surface area (Å²) in [5, 5.41) is 14.3. The van der Waals surface area contributed by atoms with Crippen molar-refractivity contribution >= 4 is 44.2 Å². The van der Waals surface area contributed by atoms with Crippen LogP contribution in [0.3, 0.4) is 0 Å². The van der Waals surface area contributed by atoms with Gasteiger partial charge in [0.1, 0.15) is 5.69 Å². The zero-order valence-electron chi connectivity index (χ0n) is 11.4. The molecule has 0 unspecified atom stereocenters. The zero-order chi connectivity index (χ0) is 16.5. The van der Waals surface area contributed by atoms with Gasteiger partial charge in [0.05, 0.1) is 20.5 Å². The summed E-state index contributed by atoms with van der Waals surface area (Å²) in [5.41, 5.74) is 6.29. The molecular formula is C13H12ClN3O4S. The molecule has 0 radical (unpaired) electrons. The summed E-state index contributed by atoms with van der Waals surface area (Å²) in [6.45, 7) is 0. The van der Waals surface area contributed by atoms with E-state index in [1.807, 2.05) is 0 Å². The summed E-state index contributed by atoms with van der Waals surface area (Å²) in [7, 11) is -3.53. The van der Waals surface area contributed by atoms with E-state index in [0.29, 0.717) is 16.4 Å². The van der Waals surface area contributed by atoms with Gasteiger partial charge in [0.15, 0.2) is 9.84 Å². The number of halogens is 1. The molecule has 2 aromatic rings. The lowest BCUT2D eigenvalue weighted by Gasteiger charge is -2.09. The minimum Gasteiger partial charge on any atom is -0.397 e. The van der Waals surface area contributed by atoms with Crippen LogP contribution in [0.2, 0.25) is 5.02 Å². The highest BCUT2D eigenvalue weighted by Crippen LogP contribution is 2.31. The van der Waals surface area contributed by atoms with Crippen LogP contribution in [0.5, 0.6) is 0 Å². The number of nitrogens with one attached hydrogen (secondary N) is 1. The molecule has 0 fully saturated rings. The predicted molar refractivity (Wildman–Crippen MR) is 85.4 cm³/mol. The molecule has 9 heteroatoms. The zero-order valence-corrected chi connectivity index (χ0v) is 13.0. The van der Waals surface area contributed by atoms with Gasteiger partial charge in [-0.15, -0.1) is 0 Å².